The largest absolute Gasteiger partial charge is 0.308 e. The number of nitrogens with zero attached hydrogens (tertiary/aromatic N) is 5. The Morgan fingerprint density at radius 3 is 2.81 bits per heavy atom. The first-order valence-electron chi connectivity index (χ1n) is 6.96. The zero-order valence-electron chi connectivity index (χ0n) is 12.5. The molecule has 0 amide bonds. The number of hydrogen-bond acceptors (Lipinski definition) is 3. The Morgan fingerprint density at radius 2 is 2.10 bits per heavy atom. The number of aromatic nitrogens is 5. The van der Waals surface area contributed by atoms with Gasteiger partial charge < -0.3 is 4.57 Å². The van der Waals surface area contributed by atoms with Crippen LogP contribution in [0, 0.1) is 13.8 Å². The van der Waals surface area contributed by atoms with Crippen molar-refractivity contribution in [2.75, 3.05) is 5.88 Å². The number of imidazole rings is 1. The summed E-state index contributed by atoms with van der Waals surface area (Å²) in [5.41, 5.74) is 5.37. The zero-order chi connectivity index (χ0) is 15.0. The molecule has 5 nitrogen and oxygen atoms in total. The highest BCUT2D eigenvalue weighted by Crippen LogP contribution is 2.21. The molecule has 0 aliphatic rings. The summed E-state index contributed by atoms with van der Waals surface area (Å²) in [6.45, 7) is 4.82. The van der Waals surface area contributed by atoms with Gasteiger partial charge in [-0.3, -0.25) is 9.67 Å². The third kappa shape index (κ3) is 2.42. The highest BCUT2D eigenvalue weighted by Gasteiger charge is 2.17. The SMILES string of the molecule is Cc1cnccc1Cn1c(CCCl)nc2c(C)nn(C)c21. The molecule has 21 heavy (non-hydrogen) atoms. The van der Waals surface area contributed by atoms with Crippen molar-refractivity contribution in [3.63, 3.8) is 0 Å². The van der Waals surface area contributed by atoms with E-state index in [9.17, 15) is 0 Å². The molecular formula is C15H18ClN5. The third-order valence-corrected chi connectivity index (χ3v) is 3.94. The predicted molar refractivity (Wildman–Crippen MR) is 83.7 cm³/mol. The van der Waals surface area contributed by atoms with Gasteiger partial charge in [0.05, 0.1) is 12.2 Å². The summed E-state index contributed by atoms with van der Waals surface area (Å²) in [7, 11) is 1.96. The number of pyridine rings is 1. The summed E-state index contributed by atoms with van der Waals surface area (Å²) >= 11 is 5.93. The van der Waals surface area contributed by atoms with Crippen LogP contribution >= 0.6 is 11.6 Å². The Balaban J connectivity index is 2.15. The van der Waals surface area contributed by atoms with Crippen molar-refractivity contribution in [2.45, 2.75) is 26.8 Å². The van der Waals surface area contributed by atoms with Crippen LogP contribution < -0.4 is 0 Å². The standard InChI is InChI=1S/C15H18ClN5/c1-10-8-17-7-5-12(10)9-21-13(4-6-16)18-14-11(2)19-20(3)15(14)21/h5,7-8H,4,6,9H2,1-3H3. The first-order chi connectivity index (χ1) is 10.1. The minimum atomic E-state index is 0.561. The van der Waals surface area contributed by atoms with Crippen molar-refractivity contribution in [3.05, 3.63) is 41.1 Å². The normalized spacial score (nSPS) is 11.4. The Labute approximate surface area is 128 Å². The molecule has 3 aromatic rings. The second-order valence-corrected chi connectivity index (χ2v) is 5.61. The Morgan fingerprint density at radius 1 is 1.29 bits per heavy atom. The van der Waals surface area contributed by atoms with Crippen LogP contribution in [0.4, 0.5) is 0 Å². The first-order valence-corrected chi connectivity index (χ1v) is 7.49. The highest BCUT2D eigenvalue weighted by atomic mass is 35.5. The van der Waals surface area contributed by atoms with Gasteiger partial charge in [0, 0.05) is 31.7 Å². The van der Waals surface area contributed by atoms with Gasteiger partial charge in [-0.1, -0.05) is 0 Å². The summed E-state index contributed by atoms with van der Waals surface area (Å²) in [5.74, 6) is 1.57. The van der Waals surface area contributed by atoms with Crippen LogP contribution in [0.2, 0.25) is 0 Å². The van der Waals surface area contributed by atoms with Crippen molar-refractivity contribution in [1.29, 1.82) is 0 Å². The van der Waals surface area contributed by atoms with Crippen molar-refractivity contribution >= 4 is 22.8 Å². The Kier molecular flexibility index (Phi) is 3.68. The lowest BCUT2D eigenvalue weighted by Crippen LogP contribution is -2.10. The molecule has 0 spiro atoms. The van der Waals surface area contributed by atoms with E-state index in [1.54, 1.807) is 0 Å². The average Bonchev–Trinajstić information content (AvgIpc) is 2.93. The van der Waals surface area contributed by atoms with Crippen molar-refractivity contribution < 1.29 is 0 Å². The summed E-state index contributed by atoms with van der Waals surface area (Å²) in [6, 6.07) is 2.05. The molecule has 0 saturated carbocycles. The maximum Gasteiger partial charge on any atom is 0.158 e. The second kappa shape index (κ2) is 5.48. The van der Waals surface area contributed by atoms with Gasteiger partial charge >= 0.3 is 0 Å². The van der Waals surface area contributed by atoms with Gasteiger partial charge in [-0.15, -0.1) is 11.6 Å². The van der Waals surface area contributed by atoms with Crippen LogP contribution in [0.25, 0.3) is 11.2 Å². The number of rotatable bonds is 4. The molecule has 0 aliphatic carbocycles. The molecule has 0 aliphatic heterocycles. The predicted octanol–water partition coefficient (Wildman–Crippen LogP) is 2.61. The average molecular weight is 304 g/mol. The molecule has 3 rings (SSSR count). The van der Waals surface area contributed by atoms with Crippen LogP contribution in [-0.4, -0.2) is 30.2 Å². The quantitative estimate of drug-likeness (QED) is 0.696. The van der Waals surface area contributed by atoms with Gasteiger partial charge in [-0.05, 0) is 31.0 Å². The van der Waals surface area contributed by atoms with E-state index in [2.05, 4.69) is 27.6 Å². The molecule has 0 fully saturated rings. The maximum absolute atomic E-state index is 5.93. The van der Waals surface area contributed by atoms with Crippen LogP contribution in [0.1, 0.15) is 22.6 Å². The minimum Gasteiger partial charge on any atom is -0.308 e. The molecule has 3 heterocycles. The zero-order valence-corrected chi connectivity index (χ0v) is 13.2. The second-order valence-electron chi connectivity index (χ2n) is 5.24. The van der Waals surface area contributed by atoms with Crippen molar-refractivity contribution in [1.82, 2.24) is 24.3 Å². The molecular weight excluding hydrogens is 286 g/mol. The number of alkyl halides is 1. The fourth-order valence-electron chi connectivity index (χ4n) is 2.67. The fraction of sp³-hybridized carbons (Fsp3) is 0.400. The monoisotopic (exact) mass is 303 g/mol. The lowest BCUT2D eigenvalue weighted by atomic mass is 10.1. The summed E-state index contributed by atoms with van der Waals surface area (Å²) in [4.78, 5) is 8.88. The Bertz CT molecular complexity index is 787. The van der Waals surface area contributed by atoms with Gasteiger partial charge in [0.25, 0.3) is 0 Å². The van der Waals surface area contributed by atoms with E-state index in [1.807, 2.05) is 31.0 Å². The van der Waals surface area contributed by atoms with E-state index in [-0.39, 0.29) is 0 Å². The number of halogens is 1. The van der Waals surface area contributed by atoms with Crippen molar-refractivity contribution in [3.8, 4) is 0 Å². The van der Waals surface area contributed by atoms with E-state index >= 15 is 0 Å². The summed E-state index contributed by atoms with van der Waals surface area (Å²) in [5, 5.41) is 4.46. The molecule has 0 aromatic carbocycles. The van der Waals surface area contributed by atoms with Gasteiger partial charge in [-0.2, -0.15) is 5.10 Å². The molecule has 0 radical (unpaired) electrons. The van der Waals surface area contributed by atoms with E-state index in [1.165, 1.54) is 11.1 Å². The maximum atomic E-state index is 5.93. The molecule has 6 heteroatoms. The van der Waals surface area contributed by atoms with Gasteiger partial charge in [0.15, 0.2) is 5.65 Å². The fourth-order valence-corrected chi connectivity index (χ4v) is 2.84. The summed E-state index contributed by atoms with van der Waals surface area (Å²) in [6.07, 6.45) is 4.46. The smallest absolute Gasteiger partial charge is 0.158 e. The van der Waals surface area contributed by atoms with E-state index in [4.69, 9.17) is 16.6 Å². The molecule has 0 atom stereocenters. The van der Waals surface area contributed by atoms with Gasteiger partial charge in [-0.25, -0.2) is 4.98 Å². The lowest BCUT2D eigenvalue weighted by molar-refractivity contribution is 0.690. The topological polar surface area (TPSA) is 48.5 Å². The number of aryl methyl sites for hydroxylation is 4. The molecule has 3 aromatic heterocycles. The third-order valence-electron chi connectivity index (χ3n) is 3.75. The van der Waals surface area contributed by atoms with Gasteiger partial charge in [0.2, 0.25) is 0 Å². The van der Waals surface area contributed by atoms with E-state index in [0.717, 1.165) is 35.6 Å². The number of fused-ring (bicyclic) bond motifs is 1. The summed E-state index contributed by atoms with van der Waals surface area (Å²) < 4.78 is 4.10. The molecule has 0 saturated heterocycles. The van der Waals surface area contributed by atoms with Gasteiger partial charge in [0.1, 0.15) is 11.3 Å². The van der Waals surface area contributed by atoms with E-state index in [0.29, 0.717) is 5.88 Å². The molecule has 110 valence electrons. The minimum absolute atomic E-state index is 0.561. The van der Waals surface area contributed by atoms with Crippen LogP contribution in [0.5, 0.6) is 0 Å². The van der Waals surface area contributed by atoms with Crippen LogP contribution in [0.3, 0.4) is 0 Å². The first kappa shape index (κ1) is 14.1. The molecule has 0 N–H and O–H groups in total. The van der Waals surface area contributed by atoms with E-state index < -0.39 is 0 Å². The highest BCUT2D eigenvalue weighted by molar-refractivity contribution is 6.17. The molecule has 0 unspecified atom stereocenters. The molecule has 0 bridgehead atoms. The lowest BCUT2D eigenvalue weighted by Gasteiger charge is -2.11. The van der Waals surface area contributed by atoms with Crippen molar-refractivity contribution in [2.24, 2.45) is 7.05 Å². The number of hydrogen-bond donors (Lipinski definition) is 0. The van der Waals surface area contributed by atoms with Crippen LogP contribution in [0.15, 0.2) is 18.5 Å². The van der Waals surface area contributed by atoms with Crippen LogP contribution in [-0.2, 0) is 20.0 Å². The Hall–Kier alpha value is -1.88.